The SMILES string of the molecule is Cc1ccc(F)cc1CNC(C)c1ccccc1Cl. The Bertz CT molecular complexity index is 568. The number of halogens is 2. The second kappa shape index (κ2) is 6.18. The molecule has 0 amide bonds. The maximum Gasteiger partial charge on any atom is 0.123 e. The van der Waals surface area contributed by atoms with Gasteiger partial charge in [-0.2, -0.15) is 0 Å². The third-order valence-electron chi connectivity index (χ3n) is 3.28. The summed E-state index contributed by atoms with van der Waals surface area (Å²) in [5, 5.41) is 4.12. The molecule has 100 valence electrons. The molecule has 19 heavy (non-hydrogen) atoms. The number of benzene rings is 2. The zero-order valence-corrected chi connectivity index (χ0v) is 11.8. The fourth-order valence-corrected chi connectivity index (χ4v) is 2.33. The van der Waals surface area contributed by atoms with E-state index in [-0.39, 0.29) is 11.9 Å². The fraction of sp³-hybridized carbons (Fsp3) is 0.250. The summed E-state index contributed by atoms with van der Waals surface area (Å²) in [6.07, 6.45) is 0. The summed E-state index contributed by atoms with van der Waals surface area (Å²) in [6, 6.07) is 12.7. The molecule has 0 heterocycles. The van der Waals surface area contributed by atoms with E-state index in [1.54, 1.807) is 12.1 Å². The van der Waals surface area contributed by atoms with Crippen molar-refractivity contribution in [3.05, 3.63) is 70.0 Å². The van der Waals surface area contributed by atoms with E-state index in [1.807, 2.05) is 31.2 Å². The largest absolute Gasteiger partial charge is 0.306 e. The van der Waals surface area contributed by atoms with Crippen molar-refractivity contribution in [1.29, 1.82) is 0 Å². The van der Waals surface area contributed by atoms with Gasteiger partial charge in [-0.05, 0) is 48.7 Å². The predicted molar refractivity (Wildman–Crippen MR) is 77.8 cm³/mol. The molecular weight excluding hydrogens is 261 g/mol. The second-order valence-electron chi connectivity index (χ2n) is 4.69. The number of aryl methyl sites for hydroxylation is 1. The molecule has 2 aromatic rings. The van der Waals surface area contributed by atoms with Crippen LogP contribution in [0.5, 0.6) is 0 Å². The maximum absolute atomic E-state index is 13.2. The van der Waals surface area contributed by atoms with Crippen molar-refractivity contribution in [2.75, 3.05) is 0 Å². The van der Waals surface area contributed by atoms with Gasteiger partial charge in [0.15, 0.2) is 0 Å². The summed E-state index contributed by atoms with van der Waals surface area (Å²) in [5.41, 5.74) is 3.11. The Morgan fingerprint density at radius 2 is 1.95 bits per heavy atom. The Kier molecular flexibility index (Phi) is 4.56. The molecule has 0 bridgehead atoms. The van der Waals surface area contributed by atoms with Gasteiger partial charge in [0.05, 0.1) is 0 Å². The second-order valence-corrected chi connectivity index (χ2v) is 5.10. The molecule has 0 saturated carbocycles. The van der Waals surface area contributed by atoms with Gasteiger partial charge in [0.2, 0.25) is 0 Å². The highest BCUT2D eigenvalue weighted by molar-refractivity contribution is 6.31. The zero-order chi connectivity index (χ0) is 13.8. The third kappa shape index (κ3) is 3.55. The van der Waals surface area contributed by atoms with Crippen LogP contribution in [-0.4, -0.2) is 0 Å². The summed E-state index contributed by atoms with van der Waals surface area (Å²) in [6.45, 7) is 4.66. The highest BCUT2D eigenvalue weighted by atomic mass is 35.5. The molecule has 0 saturated heterocycles. The highest BCUT2D eigenvalue weighted by Crippen LogP contribution is 2.22. The van der Waals surface area contributed by atoms with E-state index in [0.29, 0.717) is 6.54 Å². The summed E-state index contributed by atoms with van der Waals surface area (Å²) in [7, 11) is 0. The van der Waals surface area contributed by atoms with Gasteiger partial charge in [-0.1, -0.05) is 35.9 Å². The molecule has 0 aliphatic rings. The molecule has 0 aliphatic heterocycles. The smallest absolute Gasteiger partial charge is 0.123 e. The van der Waals surface area contributed by atoms with E-state index in [9.17, 15) is 4.39 Å². The van der Waals surface area contributed by atoms with Crippen LogP contribution in [-0.2, 0) is 6.54 Å². The van der Waals surface area contributed by atoms with E-state index in [4.69, 9.17) is 11.6 Å². The summed E-state index contributed by atoms with van der Waals surface area (Å²) < 4.78 is 13.2. The van der Waals surface area contributed by atoms with Gasteiger partial charge in [-0.25, -0.2) is 4.39 Å². The van der Waals surface area contributed by atoms with Crippen molar-refractivity contribution >= 4 is 11.6 Å². The molecule has 1 N–H and O–H groups in total. The molecule has 0 fully saturated rings. The molecule has 1 atom stereocenters. The Hall–Kier alpha value is -1.38. The first-order chi connectivity index (χ1) is 9.08. The van der Waals surface area contributed by atoms with Crippen molar-refractivity contribution in [3.8, 4) is 0 Å². The molecule has 1 unspecified atom stereocenters. The van der Waals surface area contributed by atoms with Crippen LogP contribution >= 0.6 is 11.6 Å². The van der Waals surface area contributed by atoms with Crippen molar-refractivity contribution in [2.45, 2.75) is 26.4 Å². The van der Waals surface area contributed by atoms with Gasteiger partial charge in [-0.15, -0.1) is 0 Å². The monoisotopic (exact) mass is 277 g/mol. The van der Waals surface area contributed by atoms with E-state index in [2.05, 4.69) is 12.2 Å². The van der Waals surface area contributed by atoms with Crippen LogP contribution in [0.2, 0.25) is 5.02 Å². The van der Waals surface area contributed by atoms with Crippen LogP contribution in [0, 0.1) is 12.7 Å². The molecule has 0 radical (unpaired) electrons. The van der Waals surface area contributed by atoms with Crippen LogP contribution in [0.1, 0.15) is 29.7 Å². The molecular formula is C16H17ClFN. The van der Waals surface area contributed by atoms with Gasteiger partial charge < -0.3 is 5.32 Å². The summed E-state index contributed by atoms with van der Waals surface area (Å²) in [4.78, 5) is 0. The molecule has 0 aromatic heterocycles. The Labute approximate surface area is 118 Å². The lowest BCUT2D eigenvalue weighted by Crippen LogP contribution is -2.19. The van der Waals surface area contributed by atoms with Crippen molar-refractivity contribution in [2.24, 2.45) is 0 Å². The lowest BCUT2D eigenvalue weighted by Gasteiger charge is -2.16. The van der Waals surface area contributed by atoms with E-state index >= 15 is 0 Å². The van der Waals surface area contributed by atoms with Crippen molar-refractivity contribution < 1.29 is 4.39 Å². The third-order valence-corrected chi connectivity index (χ3v) is 3.63. The minimum atomic E-state index is -0.201. The minimum absolute atomic E-state index is 0.122. The highest BCUT2D eigenvalue weighted by Gasteiger charge is 2.09. The van der Waals surface area contributed by atoms with Crippen molar-refractivity contribution in [1.82, 2.24) is 5.32 Å². The first kappa shape index (κ1) is 14.0. The van der Waals surface area contributed by atoms with Crippen LogP contribution in [0.4, 0.5) is 4.39 Å². The lowest BCUT2D eigenvalue weighted by molar-refractivity contribution is 0.568. The van der Waals surface area contributed by atoms with Crippen LogP contribution in [0.3, 0.4) is 0 Å². The molecule has 2 rings (SSSR count). The molecule has 3 heteroatoms. The van der Waals surface area contributed by atoms with E-state index in [0.717, 1.165) is 21.7 Å². The molecule has 2 aromatic carbocycles. The normalized spacial score (nSPS) is 12.4. The first-order valence-corrected chi connectivity index (χ1v) is 6.68. The van der Waals surface area contributed by atoms with Crippen LogP contribution in [0.25, 0.3) is 0 Å². The summed E-state index contributed by atoms with van der Waals surface area (Å²) >= 11 is 6.16. The lowest BCUT2D eigenvalue weighted by atomic mass is 10.1. The average molecular weight is 278 g/mol. The van der Waals surface area contributed by atoms with Gasteiger partial charge in [0, 0.05) is 17.6 Å². The quantitative estimate of drug-likeness (QED) is 0.858. The van der Waals surface area contributed by atoms with Gasteiger partial charge in [0.25, 0.3) is 0 Å². The average Bonchev–Trinajstić information content (AvgIpc) is 2.40. The van der Waals surface area contributed by atoms with Gasteiger partial charge in [0.1, 0.15) is 5.82 Å². The van der Waals surface area contributed by atoms with Crippen LogP contribution in [0.15, 0.2) is 42.5 Å². The Morgan fingerprint density at radius 3 is 2.68 bits per heavy atom. The van der Waals surface area contributed by atoms with Crippen molar-refractivity contribution in [3.63, 3.8) is 0 Å². The minimum Gasteiger partial charge on any atom is -0.306 e. The van der Waals surface area contributed by atoms with Gasteiger partial charge in [-0.3, -0.25) is 0 Å². The Morgan fingerprint density at radius 1 is 1.21 bits per heavy atom. The number of nitrogens with one attached hydrogen (secondary N) is 1. The number of rotatable bonds is 4. The predicted octanol–water partition coefficient (Wildman–Crippen LogP) is 4.64. The fourth-order valence-electron chi connectivity index (χ4n) is 2.03. The number of hydrogen-bond donors (Lipinski definition) is 1. The van der Waals surface area contributed by atoms with Crippen LogP contribution < -0.4 is 5.32 Å². The Balaban J connectivity index is 2.06. The summed E-state index contributed by atoms with van der Waals surface area (Å²) in [5.74, 6) is -0.201. The topological polar surface area (TPSA) is 12.0 Å². The first-order valence-electron chi connectivity index (χ1n) is 6.31. The van der Waals surface area contributed by atoms with Gasteiger partial charge >= 0.3 is 0 Å². The van der Waals surface area contributed by atoms with E-state index < -0.39 is 0 Å². The molecule has 0 spiro atoms. The zero-order valence-electron chi connectivity index (χ0n) is 11.1. The maximum atomic E-state index is 13.2. The standard InChI is InChI=1S/C16H17ClFN/c1-11-7-8-14(18)9-13(11)10-19-12(2)15-5-3-4-6-16(15)17/h3-9,12,19H,10H2,1-2H3. The number of hydrogen-bond acceptors (Lipinski definition) is 1. The molecule has 0 aliphatic carbocycles. The van der Waals surface area contributed by atoms with E-state index in [1.165, 1.54) is 6.07 Å². The molecule has 1 nitrogen and oxygen atoms in total.